The lowest BCUT2D eigenvalue weighted by Crippen LogP contribution is -2.49. The molecule has 1 unspecified atom stereocenters. The highest BCUT2D eigenvalue weighted by molar-refractivity contribution is 8.01. The zero-order chi connectivity index (χ0) is 22.6. The van der Waals surface area contributed by atoms with Crippen molar-refractivity contribution >= 4 is 49.7 Å². The molecule has 32 heavy (non-hydrogen) atoms. The number of methoxy groups -OCH3 is 1. The predicted molar refractivity (Wildman–Crippen MR) is 128 cm³/mol. The molecule has 1 aromatic carbocycles. The first-order valence-electron chi connectivity index (χ1n) is 10.8. The molecule has 1 atom stereocenters. The molecule has 1 aliphatic carbocycles. The van der Waals surface area contributed by atoms with Gasteiger partial charge in [0.05, 0.1) is 24.4 Å². The van der Waals surface area contributed by atoms with Crippen molar-refractivity contribution in [3.63, 3.8) is 0 Å². The van der Waals surface area contributed by atoms with Gasteiger partial charge in [0.1, 0.15) is 5.75 Å². The van der Waals surface area contributed by atoms with E-state index in [9.17, 15) is 13.2 Å². The smallest absolute Gasteiger partial charge is 0.233 e. The van der Waals surface area contributed by atoms with Gasteiger partial charge in [0.25, 0.3) is 0 Å². The number of amides is 1. The van der Waals surface area contributed by atoms with E-state index in [1.165, 1.54) is 29.5 Å². The number of aromatic nitrogens is 2. The standard InChI is InChI=1S/C21H28N4O4S3/c1-29-18-9-5-6-15(12-18)22-20-23-24-21(31-20)30-13-19(26)25(16-7-3-2-4-8-16)17-10-11-32(27,28)14-17/h5-6,9,12,16-17H,2-4,7-8,10-11,13-14H2,1H3,(H,22,23). The van der Waals surface area contributed by atoms with Gasteiger partial charge in [-0.1, -0.05) is 48.4 Å². The molecule has 1 N–H and O–H groups in total. The van der Waals surface area contributed by atoms with Crippen molar-refractivity contribution in [2.24, 2.45) is 0 Å². The van der Waals surface area contributed by atoms with Gasteiger partial charge in [-0.3, -0.25) is 4.79 Å². The Morgan fingerprint density at radius 1 is 1.22 bits per heavy atom. The average molecular weight is 497 g/mol. The van der Waals surface area contributed by atoms with Crippen LogP contribution in [0.15, 0.2) is 28.6 Å². The Hall–Kier alpha value is -1.85. The third-order valence-corrected chi connectivity index (χ3v) is 9.61. The molecule has 4 rings (SSSR count). The Labute approximate surface area is 197 Å². The Bertz CT molecular complexity index is 1040. The zero-order valence-electron chi connectivity index (χ0n) is 18.0. The van der Waals surface area contributed by atoms with Gasteiger partial charge in [0.2, 0.25) is 11.0 Å². The number of hydrogen-bond donors (Lipinski definition) is 1. The maximum absolute atomic E-state index is 13.2. The normalized spacial score (nSPS) is 20.7. The third-order valence-electron chi connectivity index (χ3n) is 5.90. The zero-order valence-corrected chi connectivity index (χ0v) is 20.5. The van der Waals surface area contributed by atoms with Gasteiger partial charge in [-0.15, -0.1) is 10.2 Å². The summed E-state index contributed by atoms with van der Waals surface area (Å²) in [4.78, 5) is 15.1. The van der Waals surface area contributed by atoms with E-state index >= 15 is 0 Å². The molecule has 11 heteroatoms. The van der Waals surface area contributed by atoms with Crippen molar-refractivity contribution in [3.05, 3.63) is 24.3 Å². The third kappa shape index (κ3) is 5.93. The number of anilines is 2. The van der Waals surface area contributed by atoms with Crippen LogP contribution in [0.1, 0.15) is 38.5 Å². The monoisotopic (exact) mass is 496 g/mol. The van der Waals surface area contributed by atoms with E-state index in [-0.39, 0.29) is 35.2 Å². The molecule has 1 amide bonds. The minimum Gasteiger partial charge on any atom is -0.497 e. The number of benzene rings is 1. The lowest BCUT2D eigenvalue weighted by Gasteiger charge is -2.38. The Morgan fingerprint density at radius 2 is 2.03 bits per heavy atom. The summed E-state index contributed by atoms with van der Waals surface area (Å²) in [6, 6.07) is 7.49. The maximum atomic E-state index is 13.2. The number of rotatable bonds is 8. The van der Waals surface area contributed by atoms with E-state index in [0.717, 1.165) is 37.1 Å². The lowest BCUT2D eigenvalue weighted by atomic mass is 9.93. The van der Waals surface area contributed by atoms with Crippen LogP contribution in [0.4, 0.5) is 10.8 Å². The molecule has 0 radical (unpaired) electrons. The van der Waals surface area contributed by atoms with E-state index in [1.807, 2.05) is 29.2 Å². The van der Waals surface area contributed by atoms with Crippen molar-refractivity contribution < 1.29 is 17.9 Å². The van der Waals surface area contributed by atoms with Gasteiger partial charge in [-0.2, -0.15) is 0 Å². The van der Waals surface area contributed by atoms with Gasteiger partial charge in [0, 0.05) is 23.8 Å². The molecule has 1 aliphatic heterocycles. The molecule has 0 spiro atoms. The van der Waals surface area contributed by atoms with Gasteiger partial charge in [-0.05, 0) is 31.4 Å². The Balaban J connectivity index is 1.38. The highest BCUT2D eigenvalue weighted by atomic mass is 32.2. The van der Waals surface area contributed by atoms with Crippen LogP contribution < -0.4 is 10.1 Å². The van der Waals surface area contributed by atoms with Crippen LogP contribution >= 0.6 is 23.1 Å². The molecule has 2 aliphatic rings. The number of carbonyl (C=O) groups excluding carboxylic acids is 1. The summed E-state index contributed by atoms with van der Waals surface area (Å²) in [7, 11) is -1.43. The van der Waals surface area contributed by atoms with Crippen LogP contribution in [-0.2, 0) is 14.6 Å². The first-order valence-corrected chi connectivity index (χ1v) is 14.4. The summed E-state index contributed by atoms with van der Waals surface area (Å²) in [5.41, 5.74) is 0.846. The molecule has 1 saturated carbocycles. The second-order valence-corrected chi connectivity index (χ2v) is 12.6. The summed E-state index contributed by atoms with van der Waals surface area (Å²) >= 11 is 2.74. The molecule has 8 nitrogen and oxygen atoms in total. The van der Waals surface area contributed by atoms with Crippen LogP contribution in [0, 0.1) is 0 Å². The highest BCUT2D eigenvalue weighted by Crippen LogP contribution is 2.32. The van der Waals surface area contributed by atoms with Crippen molar-refractivity contribution in [2.45, 2.75) is 54.9 Å². The van der Waals surface area contributed by atoms with Crippen molar-refractivity contribution in [3.8, 4) is 5.75 Å². The quantitative estimate of drug-likeness (QED) is 0.552. The topological polar surface area (TPSA) is 101 Å². The van der Waals surface area contributed by atoms with E-state index in [1.54, 1.807) is 7.11 Å². The minimum atomic E-state index is -3.05. The number of hydrogen-bond acceptors (Lipinski definition) is 9. The SMILES string of the molecule is COc1cccc(Nc2nnc(SCC(=O)N(C3CCCCC3)C3CCS(=O)(=O)C3)s2)c1. The molecule has 174 valence electrons. The van der Waals surface area contributed by atoms with Crippen LogP contribution in [-0.4, -0.2) is 65.9 Å². The summed E-state index contributed by atoms with van der Waals surface area (Å²) < 4.78 is 30.0. The van der Waals surface area contributed by atoms with Crippen LogP contribution in [0.5, 0.6) is 5.75 Å². The molecule has 1 saturated heterocycles. The molecule has 2 heterocycles. The number of ether oxygens (including phenoxy) is 1. The number of nitrogens with zero attached hydrogens (tertiary/aromatic N) is 3. The van der Waals surface area contributed by atoms with E-state index in [4.69, 9.17) is 4.74 Å². The van der Waals surface area contributed by atoms with Crippen LogP contribution in [0.25, 0.3) is 0 Å². The summed E-state index contributed by atoms with van der Waals surface area (Å²) in [6.45, 7) is 0. The minimum absolute atomic E-state index is 0.00139. The maximum Gasteiger partial charge on any atom is 0.233 e. The van der Waals surface area contributed by atoms with E-state index in [2.05, 4.69) is 15.5 Å². The number of sulfone groups is 1. The van der Waals surface area contributed by atoms with Gasteiger partial charge < -0.3 is 15.0 Å². The number of thioether (sulfide) groups is 1. The summed E-state index contributed by atoms with van der Waals surface area (Å²) in [6.07, 6.45) is 5.83. The van der Waals surface area contributed by atoms with Crippen LogP contribution in [0.3, 0.4) is 0 Å². The molecular weight excluding hydrogens is 468 g/mol. The predicted octanol–water partition coefficient (Wildman–Crippen LogP) is 3.73. The van der Waals surface area contributed by atoms with Crippen molar-refractivity contribution in [1.29, 1.82) is 0 Å². The molecular formula is C21H28N4O4S3. The van der Waals surface area contributed by atoms with E-state index in [0.29, 0.717) is 15.9 Å². The first-order chi connectivity index (χ1) is 15.4. The molecule has 2 aromatic rings. The van der Waals surface area contributed by atoms with Crippen molar-refractivity contribution in [2.75, 3.05) is 29.7 Å². The molecule has 0 bridgehead atoms. The second-order valence-electron chi connectivity index (χ2n) is 8.17. The summed E-state index contributed by atoms with van der Waals surface area (Å²) in [5, 5.41) is 12.2. The van der Waals surface area contributed by atoms with E-state index < -0.39 is 9.84 Å². The van der Waals surface area contributed by atoms with Crippen molar-refractivity contribution in [1.82, 2.24) is 15.1 Å². The number of nitrogens with one attached hydrogen (secondary N) is 1. The average Bonchev–Trinajstić information content (AvgIpc) is 3.39. The van der Waals surface area contributed by atoms with Gasteiger partial charge in [0.15, 0.2) is 14.2 Å². The Morgan fingerprint density at radius 3 is 2.75 bits per heavy atom. The molecule has 1 aromatic heterocycles. The number of carbonyl (C=O) groups is 1. The fraction of sp³-hybridized carbons (Fsp3) is 0.571. The largest absolute Gasteiger partial charge is 0.497 e. The fourth-order valence-corrected chi connectivity index (χ4v) is 7.75. The fourth-order valence-electron chi connectivity index (χ4n) is 4.40. The second kappa shape index (κ2) is 10.4. The lowest BCUT2D eigenvalue weighted by molar-refractivity contribution is -0.133. The van der Waals surface area contributed by atoms with Gasteiger partial charge in [-0.25, -0.2) is 8.42 Å². The first kappa shape index (κ1) is 23.3. The van der Waals surface area contributed by atoms with Gasteiger partial charge >= 0.3 is 0 Å². The highest BCUT2D eigenvalue weighted by Gasteiger charge is 2.38. The molecule has 2 fully saturated rings. The Kier molecular flexibility index (Phi) is 7.57. The summed E-state index contributed by atoms with van der Waals surface area (Å²) in [5.74, 6) is 1.25. The van der Waals surface area contributed by atoms with Crippen LogP contribution in [0.2, 0.25) is 0 Å².